The number of nitrogens with one attached hydrogen (secondary N) is 1. The molecule has 2 aromatic carbocycles. The molecular weight excluding hydrogens is 509 g/mol. The van der Waals surface area contributed by atoms with E-state index in [2.05, 4.69) is 5.32 Å². The van der Waals surface area contributed by atoms with Gasteiger partial charge in [0.25, 0.3) is 0 Å². The molecule has 3 N–H and O–H groups in total. The van der Waals surface area contributed by atoms with Gasteiger partial charge in [-0.15, -0.1) is 11.8 Å². The third-order valence-corrected chi connectivity index (χ3v) is 8.10. The summed E-state index contributed by atoms with van der Waals surface area (Å²) in [5, 5.41) is 3.26. The van der Waals surface area contributed by atoms with Crippen LogP contribution in [0.2, 0.25) is 10.0 Å². The first-order chi connectivity index (χ1) is 15.6. The van der Waals surface area contributed by atoms with Gasteiger partial charge in [0.2, 0.25) is 21.8 Å². The normalized spacial score (nSPS) is 17.5. The first kappa shape index (κ1) is 25.8. The number of rotatable bonds is 8. The fourth-order valence-electron chi connectivity index (χ4n) is 3.15. The van der Waals surface area contributed by atoms with E-state index in [-0.39, 0.29) is 24.7 Å². The zero-order chi connectivity index (χ0) is 24.2. The van der Waals surface area contributed by atoms with E-state index in [1.54, 1.807) is 42.5 Å². The zero-order valence-electron chi connectivity index (χ0n) is 17.7. The minimum absolute atomic E-state index is 0.175. The molecule has 1 saturated heterocycles. The van der Waals surface area contributed by atoms with Crippen molar-refractivity contribution < 1.29 is 22.7 Å². The van der Waals surface area contributed by atoms with Crippen molar-refractivity contribution in [1.29, 1.82) is 0 Å². The average Bonchev–Trinajstić information content (AvgIpc) is 3.25. The van der Waals surface area contributed by atoms with Gasteiger partial charge in [0.05, 0.1) is 18.2 Å². The zero-order valence-corrected chi connectivity index (χ0v) is 20.8. The third kappa shape index (κ3) is 6.84. The summed E-state index contributed by atoms with van der Waals surface area (Å²) in [6.07, 6.45) is 1.22. The second kappa shape index (κ2) is 11.1. The molecule has 8 nitrogen and oxygen atoms in total. The van der Waals surface area contributed by atoms with Crippen molar-refractivity contribution in [1.82, 2.24) is 9.62 Å². The smallest absolute Gasteiger partial charge is 0.245 e. The number of imide groups is 1. The molecule has 0 bridgehead atoms. The topological polar surface area (TPSA) is 119 Å². The van der Waals surface area contributed by atoms with Crippen LogP contribution in [0.1, 0.15) is 11.1 Å². The summed E-state index contributed by atoms with van der Waals surface area (Å²) < 4.78 is 30.4. The summed E-state index contributed by atoms with van der Waals surface area (Å²) >= 11 is 13.6. The lowest BCUT2D eigenvalue weighted by molar-refractivity contribution is -0.132. The molecule has 33 heavy (non-hydrogen) atoms. The maximum atomic E-state index is 12.4. The summed E-state index contributed by atoms with van der Waals surface area (Å²) in [7, 11) is -3.55. The van der Waals surface area contributed by atoms with Crippen molar-refractivity contribution in [3.63, 3.8) is 0 Å². The maximum Gasteiger partial charge on any atom is 0.245 e. The number of sulfonamides is 1. The Morgan fingerprint density at radius 1 is 1.21 bits per heavy atom. The van der Waals surface area contributed by atoms with Crippen LogP contribution in [0.3, 0.4) is 0 Å². The van der Waals surface area contributed by atoms with Crippen molar-refractivity contribution in [2.75, 3.05) is 17.9 Å². The molecule has 1 fully saturated rings. The Bertz CT molecular complexity index is 1110. The number of thioether (sulfide) groups is 1. The number of hydrogen-bond acceptors (Lipinski definition) is 7. The van der Waals surface area contributed by atoms with E-state index in [1.165, 1.54) is 11.8 Å². The van der Waals surface area contributed by atoms with Gasteiger partial charge in [-0.25, -0.2) is 8.42 Å². The monoisotopic (exact) mass is 531 g/mol. The minimum atomic E-state index is -3.55. The minimum Gasteiger partial charge on any atom is -0.489 e. The Hall–Kier alpha value is -1.82. The van der Waals surface area contributed by atoms with Crippen molar-refractivity contribution in [2.24, 2.45) is 5.73 Å². The molecule has 0 spiro atoms. The quantitative estimate of drug-likeness (QED) is 0.536. The van der Waals surface area contributed by atoms with E-state index < -0.39 is 33.9 Å². The SMILES string of the molecule is CS(=O)(=O)N1CSC[C@@H]1C(=O)NC(=O)[C@@H](N)Cc1ccc(OCc2c(Cl)cccc2Cl)cc1. The molecule has 1 heterocycles. The summed E-state index contributed by atoms with van der Waals surface area (Å²) in [5.74, 6) is -0.300. The van der Waals surface area contributed by atoms with Gasteiger partial charge in [-0.3, -0.25) is 14.9 Å². The van der Waals surface area contributed by atoms with Crippen LogP contribution >= 0.6 is 35.0 Å². The highest BCUT2D eigenvalue weighted by atomic mass is 35.5. The molecule has 2 aromatic rings. The summed E-state index contributed by atoms with van der Waals surface area (Å²) in [6, 6.07) is 10.3. The number of carbonyl (C=O) groups is 2. The number of nitrogens with two attached hydrogens (primary N) is 1. The second-order valence-electron chi connectivity index (χ2n) is 7.46. The van der Waals surface area contributed by atoms with Crippen molar-refractivity contribution in [3.05, 3.63) is 63.6 Å². The average molecular weight is 532 g/mol. The fourth-order valence-corrected chi connectivity index (χ4v) is 6.40. The van der Waals surface area contributed by atoms with Gasteiger partial charge in [0.1, 0.15) is 18.4 Å². The van der Waals surface area contributed by atoms with Gasteiger partial charge in [-0.2, -0.15) is 4.31 Å². The van der Waals surface area contributed by atoms with Gasteiger partial charge >= 0.3 is 0 Å². The highest BCUT2D eigenvalue weighted by molar-refractivity contribution is 8.00. The Balaban J connectivity index is 1.53. The highest BCUT2D eigenvalue weighted by Gasteiger charge is 2.38. The lowest BCUT2D eigenvalue weighted by atomic mass is 10.1. The van der Waals surface area contributed by atoms with Crippen LogP contribution in [0.4, 0.5) is 0 Å². The van der Waals surface area contributed by atoms with E-state index in [9.17, 15) is 18.0 Å². The lowest BCUT2D eigenvalue weighted by Crippen LogP contribution is -2.52. The molecular formula is C21H23Cl2N3O5S2. The molecule has 0 aromatic heterocycles. The number of halogens is 2. The number of ether oxygens (including phenoxy) is 1. The van der Waals surface area contributed by atoms with Gasteiger partial charge < -0.3 is 10.5 Å². The number of hydrogen-bond donors (Lipinski definition) is 2. The fraction of sp³-hybridized carbons (Fsp3) is 0.333. The standard InChI is InChI=1S/C21H23Cl2N3O5S2/c1-33(29,30)26-12-32-11-19(26)21(28)25-20(27)18(24)9-13-5-7-14(8-6-13)31-10-15-16(22)3-2-4-17(15)23/h2-8,18-19H,9-12,24H2,1H3,(H,25,27,28)/t18-,19+/m0/s1. The molecule has 1 aliphatic rings. The van der Waals surface area contributed by atoms with Crippen LogP contribution in [-0.4, -0.2) is 54.5 Å². The first-order valence-electron chi connectivity index (χ1n) is 9.85. The second-order valence-corrected chi connectivity index (χ2v) is 11.2. The van der Waals surface area contributed by atoms with Crippen molar-refractivity contribution >= 4 is 56.8 Å². The number of benzene rings is 2. The van der Waals surface area contributed by atoms with Gasteiger partial charge in [0.15, 0.2) is 0 Å². The molecule has 178 valence electrons. The van der Waals surface area contributed by atoms with Crippen LogP contribution in [0.25, 0.3) is 0 Å². The number of amides is 2. The molecule has 12 heteroatoms. The molecule has 0 saturated carbocycles. The van der Waals surface area contributed by atoms with E-state index in [0.717, 1.165) is 16.1 Å². The Kier molecular flexibility index (Phi) is 8.65. The van der Waals surface area contributed by atoms with E-state index in [0.29, 0.717) is 21.4 Å². The predicted molar refractivity (Wildman–Crippen MR) is 130 cm³/mol. The Labute approximate surface area is 206 Å². The van der Waals surface area contributed by atoms with E-state index >= 15 is 0 Å². The third-order valence-electron chi connectivity index (χ3n) is 4.98. The summed E-state index contributed by atoms with van der Waals surface area (Å²) in [6.45, 7) is 0.200. The van der Waals surface area contributed by atoms with Crippen molar-refractivity contribution in [3.8, 4) is 5.75 Å². The molecule has 2 atom stereocenters. The molecule has 0 aliphatic carbocycles. The van der Waals surface area contributed by atoms with Crippen LogP contribution in [0.5, 0.6) is 5.75 Å². The van der Waals surface area contributed by atoms with Crippen LogP contribution in [0.15, 0.2) is 42.5 Å². The van der Waals surface area contributed by atoms with E-state index in [4.69, 9.17) is 33.7 Å². The van der Waals surface area contributed by atoms with Gasteiger partial charge in [-0.05, 0) is 36.2 Å². The largest absolute Gasteiger partial charge is 0.489 e. The molecule has 3 rings (SSSR count). The molecule has 2 amide bonds. The Morgan fingerprint density at radius 2 is 1.85 bits per heavy atom. The molecule has 0 unspecified atom stereocenters. The van der Waals surface area contributed by atoms with Gasteiger partial charge in [0, 0.05) is 21.4 Å². The highest BCUT2D eigenvalue weighted by Crippen LogP contribution is 2.26. The maximum absolute atomic E-state index is 12.4. The summed E-state index contributed by atoms with van der Waals surface area (Å²) in [4.78, 5) is 24.8. The molecule has 0 radical (unpaired) electrons. The predicted octanol–water partition coefficient (Wildman–Crippen LogP) is 2.42. The summed E-state index contributed by atoms with van der Waals surface area (Å²) in [5.41, 5.74) is 7.41. The van der Waals surface area contributed by atoms with Crippen LogP contribution < -0.4 is 15.8 Å². The van der Waals surface area contributed by atoms with E-state index in [1.807, 2.05) is 0 Å². The Morgan fingerprint density at radius 3 is 2.45 bits per heavy atom. The van der Waals surface area contributed by atoms with Gasteiger partial charge in [-0.1, -0.05) is 41.4 Å². The number of carbonyl (C=O) groups excluding carboxylic acids is 2. The van der Waals surface area contributed by atoms with Crippen LogP contribution in [-0.2, 0) is 32.6 Å². The van der Waals surface area contributed by atoms with Crippen LogP contribution in [0, 0.1) is 0 Å². The number of nitrogens with zero attached hydrogens (tertiary/aromatic N) is 1. The first-order valence-corrected chi connectivity index (χ1v) is 13.6. The molecule has 1 aliphatic heterocycles. The van der Waals surface area contributed by atoms with Crippen molar-refractivity contribution in [2.45, 2.75) is 25.1 Å². The lowest BCUT2D eigenvalue weighted by Gasteiger charge is -2.21.